The second kappa shape index (κ2) is 7.85. The summed E-state index contributed by atoms with van der Waals surface area (Å²) >= 11 is 0. The molecule has 7 heteroatoms. The van der Waals surface area contributed by atoms with Gasteiger partial charge in [0, 0.05) is 16.5 Å². The fourth-order valence-corrected chi connectivity index (χ4v) is 3.77. The van der Waals surface area contributed by atoms with Crippen LogP contribution in [0.2, 0.25) is 0 Å². The highest BCUT2D eigenvalue weighted by Gasteiger charge is 2.34. The van der Waals surface area contributed by atoms with E-state index in [0.29, 0.717) is 40.8 Å². The lowest BCUT2D eigenvalue weighted by molar-refractivity contribution is -0.139. The Kier molecular flexibility index (Phi) is 4.96. The largest absolute Gasteiger partial charge is 0.488 e. The van der Waals surface area contributed by atoms with E-state index in [0.717, 1.165) is 11.6 Å². The molecule has 0 saturated heterocycles. The molecule has 33 heavy (non-hydrogen) atoms. The molecule has 0 amide bonds. The first kappa shape index (κ1) is 20.9. The van der Waals surface area contributed by atoms with E-state index in [2.05, 4.69) is 4.98 Å². The third-order valence-corrected chi connectivity index (χ3v) is 5.44. The Morgan fingerprint density at radius 1 is 0.909 bits per heavy atom. The number of carbonyl (C=O) groups is 1. The van der Waals surface area contributed by atoms with Gasteiger partial charge in [0.05, 0.1) is 22.3 Å². The van der Waals surface area contributed by atoms with E-state index in [1.807, 2.05) is 12.1 Å². The number of hydrogen-bond acceptors (Lipinski definition) is 3. The number of nitrogens with zero attached hydrogens (tertiary/aromatic N) is 1. The molecule has 1 aliphatic rings. The number of halogens is 4. The Labute approximate surface area is 186 Å². The molecular weight excluding hydrogens is 434 g/mol. The van der Waals surface area contributed by atoms with Crippen molar-refractivity contribution < 1.29 is 27.1 Å². The molecule has 0 atom stereocenters. The van der Waals surface area contributed by atoms with E-state index in [9.17, 15) is 22.4 Å². The van der Waals surface area contributed by atoms with Crippen LogP contribution in [-0.2, 0) is 12.8 Å². The summed E-state index contributed by atoms with van der Waals surface area (Å²) in [5, 5.41) is 0.268. The normalized spacial score (nSPS) is 13.5. The second-order valence-corrected chi connectivity index (χ2v) is 7.62. The van der Waals surface area contributed by atoms with Gasteiger partial charge >= 0.3 is 6.18 Å². The number of hydrogen-bond donors (Lipinski definition) is 0. The average Bonchev–Trinajstić information content (AvgIpc) is 2.93. The number of ketones is 1. The minimum Gasteiger partial charge on any atom is -0.488 e. The molecule has 0 N–H and O–H groups in total. The van der Waals surface area contributed by atoms with Crippen LogP contribution in [0.25, 0.3) is 23.1 Å². The predicted octanol–water partition coefficient (Wildman–Crippen LogP) is 6.69. The van der Waals surface area contributed by atoms with Gasteiger partial charge in [-0.05, 0) is 42.0 Å². The van der Waals surface area contributed by atoms with E-state index < -0.39 is 17.6 Å². The lowest BCUT2D eigenvalue weighted by atomic mass is 9.98. The van der Waals surface area contributed by atoms with Crippen molar-refractivity contribution in [3.63, 3.8) is 0 Å². The molecule has 164 valence electrons. The number of aromatic nitrogens is 1. The maximum Gasteiger partial charge on any atom is 0.419 e. The predicted molar refractivity (Wildman–Crippen MR) is 116 cm³/mol. The number of carbonyl (C=O) groups excluding carboxylic acids is 1. The summed E-state index contributed by atoms with van der Waals surface area (Å²) in [5.74, 6) is -0.990. The third kappa shape index (κ3) is 3.98. The third-order valence-electron chi connectivity index (χ3n) is 5.44. The highest BCUT2D eigenvalue weighted by Crippen LogP contribution is 2.34. The smallest absolute Gasteiger partial charge is 0.419 e. The van der Waals surface area contributed by atoms with Gasteiger partial charge in [-0.3, -0.25) is 4.79 Å². The Morgan fingerprint density at radius 3 is 2.55 bits per heavy atom. The van der Waals surface area contributed by atoms with Crippen LogP contribution in [0.3, 0.4) is 0 Å². The molecule has 3 aromatic carbocycles. The number of rotatable bonds is 2. The van der Waals surface area contributed by atoms with Gasteiger partial charge in [-0.15, -0.1) is 0 Å². The van der Waals surface area contributed by atoms with Crippen molar-refractivity contribution in [3.05, 3.63) is 106 Å². The van der Waals surface area contributed by atoms with Crippen LogP contribution in [0.15, 0.2) is 66.7 Å². The summed E-state index contributed by atoms with van der Waals surface area (Å²) in [4.78, 5) is 17.2. The number of pyridine rings is 1. The molecule has 4 aromatic rings. The zero-order valence-electron chi connectivity index (χ0n) is 17.0. The molecule has 3 nitrogen and oxygen atoms in total. The number of fused-ring (bicyclic) bond motifs is 3. The minimum atomic E-state index is -4.80. The second-order valence-electron chi connectivity index (χ2n) is 7.62. The van der Waals surface area contributed by atoms with Crippen molar-refractivity contribution in [1.82, 2.24) is 4.98 Å². The molecule has 2 heterocycles. The lowest BCUT2D eigenvalue weighted by Gasteiger charge is -2.09. The molecule has 1 aromatic heterocycles. The Morgan fingerprint density at radius 2 is 1.73 bits per heavy atom. The van der Waals surface area contributed by atoms with Gasteiger partial charge < -0.3 is 4.74 Å². The molecule has 0 aliphatic carbocycles. The van der Waals surface area contributed by atoms with Crippen molar-refractivity contribution >= 4 is 28.8 Å². The maximum absolute atomic E-state index is 13.8. The van der Waals surface area contributed by atoms with Crippen molar-refractivity contribution in [2.45, 2.75) is 12.8 Å². The zero-order valence-corrected chi connectivity index (χ0v) is 17.0. The van der Waals surface area contributed by atoms with Crippen molar-refractivity contribution in [2.75, 3.05) is 0 Å². The Balaban J connectivity index is 1.48. The highest BCUT2D eigenvalue weighted by atomic mass is 19.4. The zero-order chi connectivity index (χ0) is 23.2. The first-order valence-corrected chi connectivity index (χ1v) is 10.0. The van der Waals surface area contributed by atoms with Gasteiger partial charge in [0.1, 0.15) is 18.2 Å². The van der Waals surface area contributed by atoms with E-state index in [4.69, 9.17) is 4.74 Å². The first-order valence-electron chi connectivity index (χ1n) is 10.0. The summed E-state index contributed by atoms with van der Waals surface area (Å²) < 4.78 is 58.6. The molecule has 0 spiro atoms. The monoisotopic (exact) mass is 449 g/mol. The van der Waals surface area contributed by atoms with Crippen LogP contribution in [0.1, 0.15) is 38.3 Å². The van der Waals surface area contributed by atoms with Gasteiger partial charge in [-0.1, -0.05) is 42.5 Å². The topological polar surface area (TPSA) is 39.2 Å². The number of benzene rings is 3. The van der Waals surface area contributed by atoms with Gasteiger partial charge in [0.2, 0.25) is 0 Å². The fourth-order valence-electron chi connectivity index (χ4n) is 3.77. The molecule has 0 saturated carbocycles. The van der Waals surface area contributed by atoms with Crippen LogP contribution in [0.5, 0.6) is 5.75 Å². The molecule has 0 unspecified atom stereocenters. The molecule has 0 bridgehead atoms. The van der Waals surface area contributed by atoms with Crippen molar-refractivity contribution in [2.24, 2.45) is 0 Å². The standard InChI is InChI=1S/C26H15F4NO2/c27-22-12-16-7-9-18(31-23(16)13-21(22)26(28,29)30)8-5-15-6-10-24-20(11-15)25(32)19-4-2-1-3-17(19)14-33-24/h1-13H,14H2/b8-5+. The summed E-state index contributed by atoms with van der Waals surface area (Å²) in [6, 6.07) is 17.1. The molecular formula is C26H15F4NO2. The van der Waals surface area contributed by atoms with E-state index in [1.54, 1.807) is 48.6 Å². The number of alkyl halides is 3. The summed E-state index contributed by atoms with van der Waals surface area (Å²) in [5.41, 5.74) is 1.60. The summed E-state index contributed by atoms with van der Waals surface area (Å²) in [7, 11) is 0. The Hall–Kier alpha value is -4.00. The van der Waals surface area contributed by atoms with Crippen LogP contribution in [0, 0.1) is 5.82 Å². The van der Waals surface area contributed by atoms with E-state index in [1.165, 1.54) is 6.07 Å². The van der Waals surface area contributed by atoms with Crippen LogP contribution >= 0.6 is 0 Å². The van der Waals surface area contributed by atoms with E-state index in [-0.39, 0.29) is 16.7 Å². The quantitative estimate of drug-likeness (QED) is 0.320. The molecule has 5 rings (SSSR count). The van der Waals surface area contributed by atoms with Crippen LogP contribution in [-0.4, -0.2) is 10.8 Å². The Bertz CT molecular complexity index is 1440. The van der Waals surface area contributed by atoms with Crippen LogP contribution < -0.4 is 4.74 Å². The lowest BCUT2D eigenvalue weighted by Crippen LogP contribution is -2.08. The SMILES string of the molecule is O=C1c2ccccc2COc2ccc(/C=C/c3ccc4cc(F)c(C(F)(F)F)cc4n3)cc21. The minimum absolute atomic E-state index is 0.0352. The van der Waals surface area contributed by atoms with Gasteiger partial charge in [0.15, 0.2) is 5.78 Å². The van der Waals surface area contributed by atoms with Crippen molar-refractivity contribution in [3.8, 4) is 5.75 Å². The van der Waals surface area contributed by atoms with Crippen LogP contribution in [0.4, 0.5) is 17.6 Å². The number of ether oxygens (including phenoxy) is 1. The summed E-state index contributed by atoms with van der Waals surface area (Å²) in [6.45, 7) is 0.297. The maximum atomic E-state index is 13.8. The summed E-state index contributed by atoms with van der Waals surface area (Å²) in [6.07, 6.45) is -1.48. The highest BCUT2D eigenvalue weighted by molar-refractivity contribution is 6.12. The molecule has 0 radical (unpaired) electrons. The van der Waals surface area contributed by atoms with Crippen molar-refractivity contribution in [1.29, 1.82) is 0 Å². The van der Waals surface area contributed by atoms with Gasteiger partial charge in [-0.25, -0.2) is 9.37 Å². The first-order chi connectivity index (χ1) is 15.8. The van der Waals surface area contributed by atoms with Gasteiger partial charge in [-0.2, -0.15) is 13.2 Å². The average molecular weight is 449 g/mol. The van der Waals surface area contributed by atoms with Gasteiger partial charge in [0.25, 0.3) is 0 Å². The fraction of sp³-hybridized carbons (Fsp3) is 0.0769. The molecule has 0 fully saturated rings. The van der Waals surface area contributed by atoms with E-state index >= 15 is 0 Å². The molecule has 1 aliphatic heterocycles.